The molecule has 1 aromatic heterocycles. The summed E-state index contributed by atoms with van der Waals surface area (Å²) in [5, 5.41) is 10.1. The lowest BCUT2D eigenvalue weighted by Crippen LogP contribution is -2.15. The van der Waals surface area contributed by atoms with Crippen molar-refractivity contribution in [3.8, 4) is 0 Å². The Morgan fingerprint density at radius 3 is 2.83 bits per heavy atom. The number of rotatable bonds is 3. The number of nitrogen functional groups attached to an aromatic ring is 1. The molecule has 0 bridgehead atoms. The van der Waals surface area contributed by atoms with Gasteiger partial charge in [0, 0.05) is 0 Å². The van der Waals surface area contributed by atoms with E-state index < -0.39 is 0 Å². The topological polar surface area (TPSA) is 94.0 Å². The average molecular weight is 287 g/mol. The highest BCUT2D eigenvalue weighted by molar-refractivity contribution is 6.43. The van der Waals surface area contributed by atoms with Crippen LogP contribution in [0.15, 0.2) is 22.8 Å². The molecule has 0 saturated heterocycles. The van der Waals surface area contributed by atoms with Crippen LogP contribution < -0.4 is 11.1 Å². The van der Waals surface area contributed by atoms with Crippen molar-refractivity contribution < 1.29 is 9.42 Å². The van der Waals surface area contributed by atoms with Gasteiger partial charge in [0.15, 0.2) is 5.82 Å². The molecule has 2 rings (SSSR count). The summed E-state index contributed by atoms with van der Waals surface area (Å²) >= 11 is 11.8. The van der Waals surface area contributed by atoms with Crippen LogP contribution in [0.1, 0.15) is 5.69 Å². The van der Waals surface area contributed by atoms with Crippen LogP contribution in [0.25, 0.3) is 0 Å². The number of carbonyl (C=O) groups excluding carboxylic acids is 1. The van der Waals surface area contributed by atoms with Crippen LogP contribution in [0.4, 0.5) is 11.5 Å². The van der Waals surface area contributed by atoms with Crippen molar-refractivity contribution in [2.45, 2.75) is 6.42 Å². The summed E-state index contributed by atoms with van der Waals surface area (Å²) < 4.78 is 4.39. The van der Waals surface area contributed by atoms with E-state index in [2.05, 4.69) is 20.3 Å². The first-order valence-electron chi connectivity index (χ1n) is 4.88. The molecule has 1 heterocycles. The van der Waals surface area contributed by atoms with Gasteiger partial charge >= 0.3 is 0 Å². The third kappa shape index (κ3) is 2.72. The number of halogens is 2. The molecule has 1 aromatic carbocycles. The van der Waals surface area contributed by atoms with Crippen molar-refractivity contribution in [2.75, 3.05) is 11.1 Å². The first-order chi connectivity index (χ1) is 8.58. The van der Waals surface area contributed by atoms with Gasteiger partial charge in [-0.25, -0.2) is 4.63 Å². The second-order valence-electron chi connectivity index (χ2n) is 3.42. The van der Waals surface area contributed by atoms with E-state index in [9.17, 15) is 4.79 Å². The van der Waals surface area contributed by atoms with E-state index in [-0.39, 0.29) is 28.9 Å². The first-order valence-corrected chi connectivity index (χ1v) is 5.64. The van der Waals surface area contributed by atoms with E-state index in [0.717, 1.165) is 0 Å². The van der Waals surface area contributed by atoms with Crippen molar-refractivity contribution in [2.24, 2.45) is 0 Å². The molecular formula is C10H8Cl2N4O2. The van der Waals surface area contributed by atoms with Crippen LogP contribution in [0.2, 0.25) is 10.0 Å². The predicted octanol–water partition coefficient (Wildman–Crippen LogP) is 2.14. The standard InChI is InChI=1S/C10H8Cl2N4O2/c11-5-2-1-3-6(9(5)12)14-8(17)4-7-10(13)16-18-15-7/h1-3H,4H2,(H2,13,16)(H,14,17). The second kappa shape index (κ2) is 5.24. The molecule has 0 atom stereocenters. The molecule has 0 saturated carbocycles. The summed E-state index contributed by atoms with van der Waals surface area (Å²) in [6.45, 7) is 0. The normalized spacial score (nSPS) is 10.3. The Kier molecular flexibility index (Phi) is 3.69. The molecule has 94 valence electrons. The van der Waals surface area contributed by atoms with Gasteiger partial charge in [0.1, 0.15) is 5.69 Å². The summed E-state index contributed by atoms with van der Waals surface area (Å²) in [6, 6.07) is 4.94. The Balaban J connectivity index is 2.08. The van der Waals surface area contributed by atoms with Crippen molar-refractivity contribution in [3.05, 3.63) is 33.9 Å². The van der Waals surface area contributed by atoms with Gasteiger partial charge < -0.3 is 11.1 Å². The Bertz CT molecular complexity index is 585. The number of carbonyl (C=O) groups is 1. The maximum atomic E-state index is 11.7. The fourth-order valence-corrected chi connectivity index (χ4v) is 1.63. The Hall–Kier alpha value is -1.79. The number of aromatic nitrogens is 2. The van der Waals surface area contributed by atoms with Crippen LogP contribution in [0.5, 0.6) is 0 Å². The fourth-order valence-electron chi connectivity index (χ4n) is 1.28. The van der Waals surface area contributed by atoms with Gasteiger partial charge in [0.2, 0.25) is 5.91 Å². The zero-order valence-electron chi connectivity index (χ0n) is 8.98. The van der Waals surface area contributed by atoms with Crippen molar-refractivity contribution in [1.82, 2.24) is 10.3 Å². The molecule has 0 aliphatic carbocycles. The molecule has 0 aliphatic rings. The van der Waals surface area contributed by atoms with E-state index in [1.165, 1.54) is 0 Å². The summed E-state index contributed by atoms with van der Waals surface area (Å²) in [7, 11) is 0. The molecule has 8 heteroatoms. The third-order valence-electron chi connectivity index (χ3n) is 2.14. The number of benzene rings is 1. The van der Waals surface area contributed by atoms with Crippen LogP contribution >= 0.6 is 23.2 Å². The van der Waals surface area contributed by atoms with Gasteiger partial charge in [-0.3, -0.25) is 4.79 Å². The molecule has 2 aromatic rings. The number of hydrogen-bond acceptors (Lipinski definition) is 5. The van der Waals surface area contributed by atoms with E-state index >= 15 is 0 Å². The summed E-state index contributed by atoms with van der Waals surface area (Å²) in [6.07, 6.45) is -0.0574. The number of amides is 1. The minimum atomic E-state index is -0.346. The van der Waals surface area contributed by atoms with Crippen molar-refractivity contribution in [3.63, 3.8) is 0 Å². The fraction of sp³-hybridized carbons (Fsp3) is 0.100. The van der Waals surface area contributed by atoms with Crippen LogP contribution in [-0.4, -0.2) is 16.2 Å². The smallest absolute Gasteiger partial charge is 0.230 e. The maximum absolute atomic E-state index is 11.7. The summed E-state index contributed by atoms with van der Waals surface area (Å²) in [5.41, 5.74) is 6.13. The van der Waals surface area contributed by atoms with Crippen molar-refractivity contribution >= 4 is 40.6 Å². The molecule has 3 N–H and O–H groups in total. The monoisotopic (exact) mass is 286 g/mol. The first kappa shape index (κ1) is 12.7. The lowest BCUT2D eigenvalue weighted by Gasteiger charge is -2.07. The van der Waals surface area contributed by atoms with Gasteiger partial charge in [0.05, 0.1) is 22.2 Å². The number of nitrogens with zero attached hydrogens (tertiary/aromatic N) is 2. The number of anilines is 2. The Morgan fingerprint density at radius 1 is 1.39 bits per heavy atom. The molecule has 0 spiro atoms. The van der Waals surface area contributed by atoms with Crippen LogP contribution in [-0.2, 0) is 11.2 Å². The Labute approximate surface area is 112 Å². The SMILES string of the molecule is Nc1nonc1CC(=O)Nc1cccc(Cl)c1Cl. The zero-order valence-corrected chi connectivity index (χ0v) is 10.5. The molecule has 18 heavy (non-hydrogen) atoms. The van der Waals surface area contributed by atoms with Gasteiger partial charge in [-0.15, -0.1) is 0 Å². The van der Waals surface area contributed by atoms with Gasteiger partial charge in [-0.2, -0.15) is 0 Å². The van der Waals surface area contributed by atoms with Gasteiger partial charge in [-0.1, -0.05) is 34.4 Å². The van der Waals surface area contributed by atoms with Gasteiger partial charge in [-0.05, 0) is 17.3 Å². The summed E-state index contributed by atoms with van der Waals surface area (Å²) in [4.78, 5) is 11.7. The van der Waals surface area contributed by atoms with Crippen LogP contribution in [0.3, 0.4) is 0 Å². The molecule has 0 fully saturated rings. The highest BCUT2D eigenvalue weighted by atomic mass is 35.5. The van der Waals surface area contributed by atoms with Gasteiger partial charge in [0.25, 0.3) is 0 Å². The second-order valence-corrected chi connectivity index (χ2v) is 4.21. The van der Waals surface area contributed by atoms with E-state index in [0.29, 0.717) is 10.7 Å². The lowest BCUT2D eigenvalue weighted by molar-refractivity contribution is -0.115. The number of nitrogens with one attached hydrogen (secondary N) is 1. The third-order valence-corrected chi connectivity index (χ3v) is 2.96. The van der Waals surface area contributed by atoms with Crippen LogP contribution in [0, 0.1) is 0 Å². The molecule has 0 radical (unpaired) electrons. The maximum Gasteiger partial charge on any atom is 0.230 e. The van der Waals surface area contributed by atoms with E-state index in [1.54, 1.807) is 18.2 Å². The van der Waals surface area contributed by atoms with Crippen molar-refractivity contribution in [1.29, 1.82) is 0 Å². The Morgan fingerprint density at radius 2 is 2.17 bits per heavy atom. The minimum absolute atomic E-state index is 0.0574. The number of nitrogens with two attached hydrogens (primary N) is 1. The lowest BCUT2D eigenvalue weighted by atomic mass is 10.2. The molecular weight excluding hydrogens is 279 g/mol. The highest BCUT2D eigenvalue weighted by Crippen LogP contribution is 2.29. The largest absolute Gasteiger partial charge is 0.379 e. The minimum Gasteiger partial charge on any atom is -0.379 e. The highest BCUT2D eigenvalue weighted by Gasteiger charge is 2.13. The van der Waals surface area contributed by atoms with E-state index in [1.807, 2.05) is 0 Å². The zero-order chi connectivity index (χ0) is 13.1. The molecule has 0 unspecified atom stereocenters. The number of hydrogen-bond donors (Lipinski definition) is 2. The predicted molar refractivity (Wildman–Crippen MR) is 67.5 cm³/mol. The molecule has 0 aliphatic heterocycles. The summed E-state index contributed by atoms with van der Waals surface area (Å²) in [5.74, 6) is -0.260. The average Bonchev–Trinajstić information content (AvgIpc) is 2.71. The molecule has 1 amide bonds. The molecule has 6 nitrogen and oxygen atoms in total. The van der Waals surface area contributed by atoms with E-state index in [4.69, 9.17) is 28.9 Å². The quantitative estimate of drug-likeness (QED) is 0.901.